The molecule has 20 nitrogen and oxygen atoms in total. The second-order valence-corrected chi connectivity index (χ2v) is 36.8. The molecule has 4 saturated heterocycles. The van der Waals surface area contributed by atoms with Crippen molar-refractivity contribution in [2.24, 2.45) is 17.6 Å². The van der Waals surface area contributed by atoms with Crippen LogP contribution in [0.15, 0.2) is 170 Å². The SMILES string of the molecule is BrCCCBr.CC(C)(C)OC(=O)CC1CCN(CCCOc2ccc(Cl)cc2)CC1.CC(C)(C)OC(=O)NC1CCNCC1.Cl.Clc1ccc(OCCCBr)cc1.NC1CCN(CCCOc2ccc(Cl)cc2)CC1.O=C(COc1ccc(Cl)cc1)CC1CCN(CCCOc2ccc(Cl)cc2)CC1.O=C(O)COc1ccc(Cl)cc1.Oc1ccc(Cl)cc1. The zero-order valence-corrected chi connectivity index (χ0v) is 83.0. The number of alkyl halides is 3. The molecule has 0 aromatic heterocycles. The van der Waals surface area contributed by atoms with Crippen molar-refractivity contribution in [1.82, 2.24) is 25.3 Å². The van der Waals surface area contributed by atoms with Gasteiger partial charge in [0.15, 0.2) is 12.4 Å². The van der Waals surface area contributed by atoms with E-state index in [1.807, 2.05) is 139 Å². The largest absolute Gasteiger partial charge is 0.508 e. The molecule has 0 radical (unpaired) electrons. The van der Waals surface area contributed by atoms with Crippen molar-refractivity contribution in [1.29, 1.82) is 0 Å². The van der Waals surface area contributed by atoms with Crippen LogP contribution >= 0.6 is 141 Å². The van der Waals surface area contributed by atoms with Gasteiger partial charge in [-0.15, -0.1) is 12.4 Å². The summed E-state index contributed by atoms with van der Waals surface area (Å²) in [5.74, 6) is 4.92. The van der Waals surface area contributed by atoms with Crippen LogP contribution in [0.1, 0.15) is 138 Å². The van der Waals surface area contributed by atoms with Crippen LogP contribution in [0.5, 0.6) is 40.2 Å². The molecule has 690 valence electrons. The van der Waals surface area contributed by atoms with Gasteiger partial charge >= 0.3 is 18.0 Å². The van der Waals surface area contributed by atoms with Crippen LogP contribution in [-0.2, 0) is 23.9 Å². The lowest BCUT2D eigenvalue weighted by Gasteiger charge is -2.32. The number of nitrogens with two attached hydrogens (primary N) is 1. The normalized spacial score (nSPS) is 14.5. The van der Waals surface area contributed by atoms with Gasteiger partial charge in [-0.25, -0.2) is 9.59 Å². The van der Waals surface area contributed by atoms with E-state index in [0.717, 1.165) is 221 Å². The van der Waals surface area contributed by atoms with Gasteiger partial charge in [-0.05, 0) is 359 Å². The molecule has 7 aromatic carbocycles. The zero-order chi connectivity index (χ0) is 90.1. The molecule has 124 heavy (non-hydrogen) atoms. The number of phenols is 1. The third-order valence-corrected chi connectivity index (χ3v) is 21.9. The number of rotatable bonds is 32. The van der Waals surface area contributed by atoms with Crippen LogP contribution < -0.4 is 44.8 Å². The number of hydrogen-bond acceptors (Lipinski definition) is 18. The molecule has 6 N–H and O–H groups in total. The molecular formula is C93H127Br3Cl8N6O14. The summed E-state index contributed by atoms with van der Waals surface area (Å²) in [4.78, 5) is 53.0. The number of carboxylic acid groups (broad SMARTS) is 1. The predicted molar refractivity (Wildman–Crippen MR) is 521 cm³/mol. The molecule has 0 spiro atoms. The van der Waals surface area contributed by atoms with Gasteiger partial charge < -0.3 is 79.2 Å². The maximum absolute atomic E-state index is 12.2. The van der Waals surface area contributed by atoms with Crippen LogP contribution in [0.4, 0.5) is 4.79 Å². The first-order chi connectivity index (χ1) is 58.8. The van der Waals surface area contributed by atoms with E-state index in [-0.39, 0.29) is 60.9 Å². The van der Waals surface area contributed by atoms with Gasteiger partial charge in [0, 0.05) is 95.7 Å². The number of esters is 1. The fraction of sp³-hybridized carbons (Fsp3) is 0.505. The fourth-order valence-electron chi connectivity index (χ4n) is 12.1. The third kappa shape index (κ3) is 58.9. The van der Waals surface area contributed by atoms with E-state index in [1.165, 1.54) is 6.42 Å². The highest BCUT2D eigenvalue weighted by atomic mass is 79.9. The van der Waals surface area contributed by atoms with Crippen molar-refractivity contribution >= 4 is 165 Å². The minimum atomic E-state index is -0.995. The summed E-state index contributed by atoms with van der Waals surface area (Å²) < 4.78 is 43.6. The molecule has 0 bridgehead atoms. The van der Waals surface area contributed by atoms with E-state index in [4.69, 9.17) is 135 Å². The molecule has 0 saturated carbocycles. The molecule has 0 unspecified atom stereocenters. The Morgan fingerprint density at radius 3 is 1.00 bits per heavy atom. The molecule has 4 aliphatic heterocycles. The quantitative estimate of drug-likeness (QED) is 0.0150. The van der Waals surface area contributed by atoms with Gasteiger partial charge in [0.2, 0.25) is 0 Å². The fourth-order valence-corrected chi connectivity index (χ4v) is 14.5. The number of nitrogens with one attached hydrogen (secondary N) is 2. The molecular weight excluding hydrogens is 1950 g/mol. The van der Waals surface area contributed by atoms with Crippen molar-refractivity contribution in [2.75, 3.05) is 128 Å². The van der Waals surface area contributed by atoms with Crippen LogP contribution in [0.3, 0.4) is 0 Å². The van der Waals surface area contributed by atoms with Crippen LogP contribution in [0, 0.1) is 11.8 Å². The van der Waals surface area contributed by atoms with Gasteiger partial charge in [0.1, 0.15) is 58.1 Å². The summed E-state index contributed by atoms with van der Waals surface area (Å²) in [7, 11) is 0. The lowest BCUT2D eigenvalue weighted by atomic mass is 9.92. The number of ether oxygens (including phenoxy) is 8. The van der Waals surface area contributed by atoms with E-state index in [9.17, 15) is 19.2 Å². The zero-order valence-electron chi connectivity index (χ0n) is 72.1. The first-order valence-electron chi connectivity index (χ1n) is 41.8. The van der Waals surface area contributed by atoms with Crippen LogP contribution in [-0.4, -0.2) is 200 Å². The number of Topliss-reactive ketones (excluding diaryl/α,β-unsaturated/α-hetero) is 1. The maximum atomic E-state index is 12.2. The number of carbonyl (C=O) groups is 4. The number of aliphatic carboxylic acids is 1. The summed E-state index contributed by atoms with van der Waals surface area (Å²) in [5, 5.41) is 31.1. The van der Waals surface area contributed by atoms with Gasteiger partial charge in [-0.2, -0.15) is 0 Å². The molecule has 0 aliphatic carbocycles. The molecule has 7 aromatic rings. The number of benzene rings is 7. The predicted octanol–water partition coefficient (Wildman–Crippen LogP) is 23.8. The molecule has 4 heterocycles. The molecule has 1 amide bonds. The highest BCUT2D eigenvalue weighted by Gasteiger charge is 2.26. The monoisotopic (exact) mass is 2070 g/mol. The number of alkyl carbamates (subject to hydrolysis) is 1. The van der Waals surface area contributed by atoms with E-state index in [2.05, 4.69) is 73.1 Å². The number of halogens is 11. The smallest absolute Gasteiger partial charge is 0.407 e. The molecule has 11 rings (SSSR count). The van der Waals surface area contributed by atoms with Crippen molar-refractivity contribution in [3.05, 3.63) is 205 Å². The van der Waals surface area contributed by atoms with Gasteiger partial charge in [-0.3, -0.25) is 9.59 Å². The third-order valence-electron chi connectivity index (χ3n) is 18.4. The number of likely N-dealkylation sites (tertiary alicyclic amines) is 3. The van der Waals surface area contributed by atoms with Gasteiger partial charge in [-0.1, -0.05) is 129 Å². The first kappa shape index (κ1) is 113. The lowest BCUT2D eigenvalue weighted by Crippen LogP contribution is -2.44. The number of aromatic hydroxyl groups is 1. The number of piperidine rings is 4. The number of nitrogens with zero attached hydrogens (tertiary/aromatic N) is 3. The Labute approximate surface area is 802 Å². The number of ketones is 1. The molecule has 31 heteroatoms. The topological polar surface area (TPSA) is 242 Å². The Balaban J connectivity index is 0.000000382. The summed E-state index contributed by atoms with van der Waals surface area (Å²) in [5.41, 5.74) is 5.09. The number of carbonyl (C=O) groups excluding carboxylic acids is 3. The van der Waals surface area contributed by atoms with Crippen molar-refractivity contribution in [3.63, 3.8) is 0 Å². The minimum absolute atomic E-state index is 0. The van der Waals surface area contributed by atoms with E-state index >= 15 is 0 Å². The Morgan fingerprint density at radius 1 is 0.411 bits per heavy atom. The average molecular weight is 2080 g/mol. The molecule has 4 fully saturated rings. The van der Waals surface area contributed by atoms with Crippen molar-refractivity contribution < 1.29 is 67.3 Å². The second kappa shape index (κ2) is 66.9. The highest BCUT2D eigenvalue weighted by Crippen LogP contribution is 2.27. The second-order valence-electron chi connectivity index (χ2n) is 31.4. The average Bonchev–Trinajstić information content (AvgIpc) is 0.886. The van der Waals surface area contributed by atoms with Crippen LogP contribution in [0.25, 0.3) is 0 Å². The summed E-state index contributed by atoms with van der Waals surface area (Å²) >= 11 is 50.1. The van der Waals surface area contributed by atoms with Crippen molar-refractivity contribution in [3.8, 4) is 40.2 Å². The van der Waals surface area contributed by atoms with Crippen molar-refractivity contribution in [2.45, 2.75) is 161 Å². The Kier molecular flexibility index (Phi) is 60.8. The summed E-state index contributed by atoms with van der Waals surface area (Å²) in [6, 6.07) is 50.5. The maximum Gasteiger partial charge on any atom is 0.407 e. The molecule has 4 aliphatic rings. The molecule has 0 atom stereocenters. The van der Waals surface area contributed by atoms with Gasteiger partial charge in [0.25, 0.3) is 0 Å². The number of carboxylic acids is 1. The minimum Gasteiger partial charge on any atom is -0.508 e. The van der Waals surface area contributed by atoms with E-state index in [0.29, 0.717) is 70.5 Å². The lowest BCUT2D eigenvalue weighted by molar-refractivity contribution is -0.156. The highest BCUT2D eigenvalue weighted by molar-refractivity contribution is 9.09. The number of amides is 1. The Morgan fingerprint density at radius 2 is 0.702 bits per heavy atom. The standard InChI is InChI=1S/C23H27Cl2NO3.C20H30ClNO3.C14H21ClN2O.C10H20N2O2.C9H10BrClO.C8H7ClO3.C6H5ClO.C3H6Br2.ClH/c24-19-2-6-22(7-3-19)28-15-1-12-26-13-10-18(11-14-26)16-21(27)17-29-23-8-4-20(25)5-9-23;1-20(2,3)25-19(23)15-16-9-12-22(13-10-16)11-4-14-24-18-7-5-17(21)6-8-18;15-12-2-4-14(5-3-12)18-11-1-8-17-9-6-13(16)7-10-17;1-10(2,3)14-9(13)12-8-4-6-11-7-5-8;10-6-1-7-12-9-4-2-8(11)3-5-9;9-6-1-3-7(4-2-6)12-5-8(10)11;7-5-1-3-6(8)4-2-5;4-2-1-3-5;/h2-9,18H,1,10-17H2;5-8,16H,4,9-15H2,1-3H3;2-5,13H,1,6-11,16H2;8,11H,4-7H2,1-3H3,(H,12,13);2-5H,1,6-7H2;1-4H,5H2,(H,10,11);1-4,8H;1-3H2;1H. The summed E-state index contributed by atoms with van der Waals surface area (Å²) in [6.45, 7) is 25.6. The van der Waals surface area contributed by atoms with E-state index < -0.39 is 11.6 Å². The summed E-state index contributed by atoms with van der Waals surface area (Å²) in [6.07, 6.45) is 14.6. The number of phenolic OH excluding ortho intramolecular Hbond substituents is 1. The Hall–Kier alpha value is -5.42. The van der Waals surface area contributed by atoms with Crippen LogP contribution in [0.2, 0.25) is 35.2 Å². The first-order valence-corrected chi connectivity index (χ1v) is 47.8. The van der Waals surface area contributed by atoms with E-state index in [1.54, 1.807) is 72.8 Å². The number of hydrogen-bond donors (Lipinski definition) is 5. The van der Waals surface area contributed by atoms with Gasteiger partial charge in [0.05, 0.1) is 26.4 Å². The Bertz CT molecular complexity index is 3900.